The predicted molar refractivity (Wildman–Crippen MR) is 264 cm³/mol. The Labute approximate surface area is 401 Å². The van der Waals surface area contributed by atoms with Gasteiger partial charge in [0.05, 0.1) is 38.6 Å². The molecule has 1 aromatic rings. The van der Waals surface area contributed by atoms with E-state index in [-0.39, 0.29) is 50.2 Å². The summed E-state index contributed by atoms with van der Waals surface area (Å²) in [6, 6.07) is 9.18. The molecule has 0 N–H and O–H groups in total. The molecule has 1 aromatic carbocycles. The number of hydrogen-bond donors (Lipinski definition) is 0. The second kappa shape index (κ2) is 43.9. The number of benzene rings is 1. The van der Waals surface area contributed by atoms with E-state index in [2.05, 4.69) is 48.1 Å². The fourth-order valence-corrected chi connectivity index (χ4v) is 6.24. The topological polar surface area (TPSA) is 150 Å². The van der Waals surface area contributed by atoms with Crippen LogP contribution < -0.4 is 0 Å². The standard InChI is InChI=1S/C25H36O8.C20H40O3.C9H18O/c1-5-20(2)13-30-15-22(14-29-4)11-12-23(27)33-18-25(3,17-31-19-26)24(28)32-16-21-9-7-6-8-10-21;1-6-9-10-11-12-13-15-19(21)22-16-18(14-7-2)17-23-20(4,5)8-3;1-2-3-4-5-6-7-8-9-10/h6-10,19,22H,2,5,11-18H2,1,3-4H3;18H,6-17H2,1-5H3;9H,2-8H2,1H3. The number of carbonyl (C=O) groups excluding carboxylic acids is 5. The summed E-state index contributed by atoms with van der Waals surface area (Å²) in [5.41, 5.74) is 0.409. The van der Waals surface area contributed by atoms with E-state index < -0.39 is 17.4 Å². The molecule has 0 aromatic heterocycles. The summed E-state index contributed by atoms with van der Waals surface area (Å²) in [7, 11) is 1.59. The van der Waals surface area contributed by atoms with Crippen LogP contribution >= 0.6 is 0 Å². The number of rotatable bonds is 40. The van der Waals surface area contributed by atoms with Gasteiger partial charge < -0.3 is 38.0 Å². The number of methoxy groups -OCH3 is 1. The van der Waals surface area contributed by atoms with Gasteiger partial charge in [-0.15, -0.1) is 0 Å². The summed E-state index contributed by atoms with van der Waals surface area (Å²) in [5, 5.41) is 0. The van der Waals surface area contributed by atoms with E-state index in [1.807, 2.05) is 37.3 Å². The van der Waals surface area contributed by atoms with Crippen molar-refractivity contribution in [1.82, 2.24) is 0 Å². The molecule has 0 aliphatic carbocycles. The molecule has 0 saturated heterocycles. The largest absolute Gasteiger partial charge is 0.467 e. The van der Waals surface area contributed by atoms with Crippen LogP contribution in [0.15, 0.2) is 42.5 Å². The van der Waals surface area contributed by atoms with Crippen LogP contribution in [-0.4, -0.2) is 89.6 Å². The number of aldehydes is 1. The lowest BCUT2D eigenvalue weighted by Crippen LogP contribution is -2.39. The molecule has 0 amide bonds. The Hall–Kier alpha value is -3.61. The van der Waals surface area contributed by atoms with Gasteiger partial charge in [-0.25, -0.2) is 0 Å². The van der Waals surface area contributed by atoms with Crippen LogP contribution in [0.4, 0.5) is 0 Å². The van der Waals surface area contributed by atoms with Crippen molar-refractivity contribution in [2.24, 2.45) is 17.3 Å². The van der Waals surface area contributed by atoms with Gasteiger partial charge in [0, 0.05) is 38.2 Å². The van der Waals surface area contributed by atoms with Crippen molar-refractivity contribution >= 4 is 30.7 Å². The van der Waals surface area contributed by atoms with E-state index in [1.165, 1.54) is 64.7 Å². The highest BCUT2D eigenvalue weighted by Crippen LogP contribution is 2.22. The van der Waals surface area contributed by atoms with Crippen LogP contribution in [-0.2, 0) is 63.7 Å². The SMILES string of the molecule is C=C(CC)COCC(CCC(=O)OCC(C)(COC=O)C(=O)OCc1ccccc1)COC.CCCCCCCCC(=O)OCC(CCC)COC(C)(C)CC.CCCCCCCCC=O. The molecule has 0 spiro atoms. The van der Waals surface area contributed by atoms with Gasteiger partial charge in [-0.3, -0.25) is 19.2 Å². The Balaban J connectivity index is 0. The number of ether oxygens (including phenoxy) is 7. The van der Waals surface area contributed by atoms with Crippen molar-refractivity contribution in [2.45, 2.75) is 196 Å². The predicted octanol–water partition coefficient (Wildman–Crippen LogP) is 12.3. The molecular formula is C54H94O12. The lowest BCUT2D eigenvalue weighted by Gasteiger charge is -2.26. The van der Waals surface area contributed by atoms with Gasteiger partial charge in [0.15, 0.2) is 0 Å². The summed E-state index contributed by atoms with van der Waals surface area (Å²) in [4.78, 5) is 57.4. The van der Waals surface area contributed by atoms with E-state index in [9.17, 15) is 24.0 Å². The van der Waals surface area contributed by atoms with Gasteiger partial charge in [-0.1, -0.05) is 148 Å². The maximum atomic E-state index is 12.7. The monoisotopic (exact) mass is 935 g/mol. The Morgan fingerprint density at radius 1 is 0.667 bits per heavy atom. The third-order valence-corrected chi connectivity index (χ3v) is 11.2. The Morgan fingerprint density at radius 2 is 1.27 bits per heavy atom. The van der Waals surface area contributed by atoms with Gasteiger partial charge in [0.1, 0.15) is 31.5 Å². The van der Waals surface area contributed by atoms with Crippen LogP contribution in [0, 0.1) is 17.3 Å². The summed E-state index contributed by atoms with van der Waals surface area (Å²) in [6.07, 6.45) is 21.8. The summed E-state index contributed by atoms with van der Waals surface area (Å²) in [6.45, 7) is 22.7. The maximum absolute atomic E-state index is 12.7. The molecule has 0 saturated carbocycles. The normalized spacial score (nSPS) is 12.7. The summed E-state index contributed by atoms with van der Waals surface area (Å²) < 4.78 is 37.8. The molecule has 3 atom stereocenters. The summed E-state index contributed by atoms with van der Waals surface area (Å²) >= 11 is 0. The molecule has 0 aliphatic rings. The fourth-order valence-electron chi connectivity index (χ4n) is 6.24. The van der Waals surface area contributed by atoms with E-state index in [1.54, 1.807) is 7.11 Å². The van der Waals surface area contributed by atoms with Crippen molar-refractivity contribution in [3.05, 3.63) is 48.0 Å². The third-order valence-electron chi connectivity index (χ3n) is 11.2. The smallest absolute Gasteiger partial charge is 0.319 e. The van der Waals surface area contributed by atoms with E-state index in [0.717, 1.165) is 68.8 Å². The average Bonchev–Trinajstić information content (AvgIpc) is 3.32. The molecule has 382 valence electrons. The number of unbranched alkanes of at least 4 members (excludes halogenated alkanes) is 11. The number of esters is 3. The maximum Gasteiger partial charge on any atom is 0.319 e. The highest BCUT2D eigenvalue weighted by molar-refractivity contribution is 5.78. The molecule has 3 unspecified atom stereocenters. The first-order valence-electron chi connectivity index (χ1n) is 25.1. The summed E-state index contributed by atoms with van der Waals surface area (Å²) in [5.74, 6) is -0.798. The molecule has 12 heteroatoms. The lowest BCUT2D eigenvalue weighted by atomic mass is 9.93. The first kappa shape index (κ1) is 64.5. The molecule has 12 nitrogen and oxygen atoms in total. The Bertz CT molecular complexity index is 1350. The van der Waals surface area contributed by atoms with Crippen molar-refractivity contribution in [3.63, 3.8) is 0 Å². The van der Waals surface area contributed by atoms with Crippen molar-refractivity contribution in [2.75, 3.05) is 53.4 Å². The Morgan fingerprint density at radius 3 is 1.85 bits per heavy atom. The van der Waals surface area contributed by atoms with E-state index >= 15 is 0 Å². The van der Waals surface area contributed by atoms with Gasteiger partial charge >= 0.3 is 17.9 Å². The van der Waals surface area contributed by atoms with Crippen LogP contribution in [0.2, 0.25) is 0 Å². The molecule has 0 aliphatic heterocycles. The molecule has 0 heterocycles. The minimum Gasteiger partial charge on any atom is -0.467 e. The van der Waals surface area contributed by atoms with Crippen LogP contribution in [0.1, 0.15) is 189 Å². The zero-order chi connectivity index (χ0) is 49.7. The lowest BCUT2D eigenvalue weighted by molar-refractivity contribution is -0.169. The molecule has 1 rings (SSSR count). The highest BCUT2D eigenvalue weighted by Gasteiger charge is 2.38. The first-order valence-corrected chi connectivity index (χ1v) is 25.1. The van der Waals surface area contributed by atoms with E-state index in [0.29, 0.717) is 51.8 Å². The molecule has 66 heavy (non-hydrogen) atoms. The van der Waals surface area contributed by atoms with Gasteiger partial charge in [-0.05, 0) is 64.9 Å². The average molecular weight is 935 g/mol. The number of hydrogen-bond acceptors (Lipinski definition) is 12. The molecule has 0 bridgehead atoms. The van der Waals surface area contributed by atoms with Crippen molar-refractivity contribution < 1.29 is 57.1 Å². The molecular weight excluding hydrogens is 841 g/mol. The molecule has 0 radical (unpaired) electrons. The van der Waals surface area contributed by atoms with Crippen molar-refractivity contribution in [1.29, 1.82) is 0 Å². The first-order chi connectivity index (χ1) is 31.7. The second-order valence-corrected chi connectivity index (χ2v) is 18.2. The minimum atomic E-state index is -1.32. The van der Waals surface area contributed by atoms with Crippen LogP contribution in [0.25, 0.3) is 0 Å². The fraction of sp³-hybridized carbons (Fsp3) is 0.759. The highest BCUT2D eigenvalue weighted by atomic mass is 16.6. The van der Waals surface area contributed by atoms with Gasteiger partial charge in [0.2, 0.25) is 0 Å². The number of carbonyl (C=O) groups is 5. The Kier molecular flexibility index (Phi) is 42.9. The van der Waals surface area contributed by atoms with Crippen molar-refractivity contribution in [3.8, 4) is 0 Å². The van der Waals surface area contributed by atoms with Gasteiger partial charge in [0.25, 0.3) is 6.47 Å². The second-order valence-electron chi connectivity index (χ2n) is 18.2. The zero-order valence-electron chi connectivity index (χ0n) is 43.1. The zero-order valence-corrected chi connectivity index (χ0v) is 43.1. The third kappa shape index (κ3) is 38.5. The minimum absolute atomic E-state index is 0.0211. The van der Waals surface area contributed by atoms with Gasteiger partial charge in [-0.2, -0.15) is 0 Å². The van der Waals surface area contributed by atoms with Crippen LogP contribution in [0.5, 0.6) is 0 Å². The van der Waals surface area contributed by atoms with E-state index in [4.69, 9.17) is 33.2 Å². The van der Waals surface area contributed by atoms with Crippen LogP contribution in [0.3, 0.4) is 0 Å². The quantitative estimate of drug-likeness (QED) is 0.0203. The molecule has 0 fully saturated rings.